The van der Waals surface area contributed by atoms with Crippen molar-refractivity contribution in [3.63, 3.8) is 0 Å². The van der Waals surface area contributed by atoms with E-state index in [0.717, 1.165) is 23.3 Å². The zero-order valence-electron chi connectivity index (χ0n) is 16.8. The summed E-state index contributed by atoms with van der Waals surface area (Å²) >= 11 is 1.58. The van der Waals surface area contributed by atoms with Crippen LogP contribution in [-0.4, -0.2) is 21.6 Å². The Kier molecular flexibility index (Phi) is 6.22. The van der Waals surface area contributed by atoms with Crippen LogP contribution in [0.25, 0.3) is 0 Å². The van der Waals surface area contributed by atoms with E-state index in [1.165, 1.54) is 16.8 Å². The summed E-state index contributed by atoms with van der Waals surface area (Å²) in [6.07, 6.45) is -4.66. The first-order chi connectivity index (χ1) is 15.3. The molecule has 2 amide bonds. The highest BCUT2D eigenvalue weighted by Crippen LogP contribution is 2.36. The zero-order valence-corrected chi connectivity index (χ0v) is 17.6. The average Bonchev–Trinajstić information content (AvgIpc) is 3.35. The molecule has 4 rings (SSSR count). The van der Waals surface area contributed by atoms with Gasteiger partial charge >= 0.3 is 6.18 Å². The Morgan fingerprint density at radius 1 is 1.03 bits per heavy atom. The van der Waals surface area contributed by atoms with E-state index in [0.29, 0.717) is 23.7 Å². The molecule has 2 N–H and O–H groups in total. The Balaban J connectivity index is 1.53. The molecule has 166 valence electrons. The van der Waals surface area contributed by atoms with E-state index in [2.05, 4.69) is 15.7 Å². The van der Waals surface area contributed by atoms with Crippen molar-refractivity contribution in [2.24, 2.45) is 0 Å². The van der Waals surface area contributed by atoms with Gasteiger partial charge in [-0.2, -0.15) is 30.0 Å². The van der Waals surface area contributed by atoms with E-state index >= 15 is 0 Å². The Bertz CT molecular complexity index is 1150. The van der Waals surface area contributed by atoms with Crippen LogP contribution in [0.1, 0.15) is 32.7 Å². The number of amides is 2. The van der Waals surface area contributed by atoms with Crippen LogP contribution in [-0.2, 0) is 35.6 Å². The van der Waals surface area contributed by atoms with Crippen molar-refractivity contribution in [3.8, 4) is 0 Å². The number of nitrogens with one attached hydrogen (secondary N) is 2. The molecule has 0 radical (unpaired) electrons. The van der Waals surface area contributed by atoms with Crippen LogP contribution in [0.15, 0.2) is 54.6 Å². The number of benzene rings is 2. The third-order valence-electron chi connectivity index (χ3n) is 4.95. The third kappa shape index (κ3) is 4.80. The molecule has 2 heterocycles. The molecule has 0 fully saturated rings. The number of carbonyl (C=O) groups is 2. The van der Waals surface area contributed by atoms with Crippen molar-refractivity contribution in [1.82, 2.24) is 15.1 Å². The predicted molar refractivity (Wildman–Crippen MR) is 115 cm³/mol. The number of carbonyl (C=O) groups excluding carboxylic acids is 2. The highest BCUT2D eigenvalue weighted by atomic mass is 32.2. The minimum absolute atomic E-state index is 0.166. The summed E-state index contributed by atoms with van der Waals surface area (Å²) in [5, 5.41) is 9.76. The van der Waals surface area contributed by atoms with Gasteiger partial charge in [0, 0.05) is 23.6 Å². The molecular weight excluding hydrogens is 441 g/mol. The number of nitrogens with zero attached hydrogens (tertiary/aromatic N) is 2. The first kappa shape index (κ1) is 21.9. The molecule has 3 aromatic rings. The van der Waals surface area contributed by atoms with Crippen molar-refractivity contribution in [1.29, 1.82) is 0 Å². The molecule has 0 bridgehead atoms. The first-order valence-electron chi connectivity index (χ1n) is 9.77. The molecule has 1 aliphatic heterocycles. The van der Waals surface area contributed by atoms with Crippen LogP contribution in [0.3, 0.4) is 0 Å². The van der Waals surface area contributed by atoms with Gasteiger partial charge in [-0.05, 0) is 17.7 Å². The summed E-state index contributed by atoms with van der Waals surface area (Å²) in [6, 6.07) is 14.0. The van der Waals surface area contributed by atoms with Crippen molar-refractivity contribution in [2.45, 2.75) is 30.8 Å². The lowest BCUT2D eigenvalue weighted by atomic mass is 10.1. The summed E-state index contributed by atoms with van der Waals surface area (Å²) in [6.45, 7) is 0.165. The summed E-state index contributed by atoms with van der Waals surface area (Å²) in [4.78, 5) is 25.2. The fourth-order valence-electron chi connectivity index (χ4n) is 3.41. The number of alkyl halides is 3. The highest BCUT2D eigenvalue weighted by molar-refractivity contribution is 7.98. The van der Waals surface area contributed by atoms with Gasteiger partial charge in [0.2, 0.25) is 5.91 Å². The number of thioether (sulfide) groups is 1. The number of anilines is 1. The predicted octanol–water partition coefficient (Wildman–Crippen LogP) is 4.22. The molecule has 0 aliphatic carbocycles. The topological polar surface area (TPSA) is 76.0 Å². The van der Waals surface area contributed by atoms with Gasteiger partial charge in [-0.1, -0.05) is 42.5 Å². The molecule has 6 nitrogen and oxygen atoms in total. The summed E-state index contributed by atoms with van der Waals surface area (Å²) in [5.41, 5.74) is 0.863. The van der Waals surface area contributed by atoms with E-state index in [4.69, 9.17) is 0 Å². The molecule has 32 heavy (non-hydrogen) atoms. The Morgan fingerprint density at radius 2 is 1.75 bits per heavy atom. The quantitative estimate of drug-likeness (QED) is 0.578. The van der Waals surface area contributed by atoms with E-state index in [1.807, 2.05) is 30.3 Å². The molecule has 2 aromatic carbocycles. The maximum Gasteiger partial charge on any atom is 0.417 e. The van der Waals surface area contributed by atoms with E-state index in [-0.39, 0.29) is 18.3 Å². The van der Waals surface area contributed by atoms with Gasteiger partial charge in [0.05, 0.1) is 16.8 Å². The molecule has 0 atom stereocenters. The van der Waals surface area contributed by atoms with Gasteiger partial charge in [-0.3, -0.25) is 9.59 Å². The van der Waals surface area contributed by atoms with E-state index in [1.54, 1.807) is 11.8 Å². The van der Waals surface area contributed by atoms with Crippen molar-refractivity contribution >= 4 is 29.4 Å². The third-order valence-corrected chi connectivity index (χ3v) is 5.92. The standard InChI is InChI=1S/C22H19F3N4O2S/c23-22(24,25)17-9-5-4-8-15(17)21(31)27-20-16-12-32-13-18(16)28-29(20)11-19(30)26-10-14-6-2-1-3-7-14/h1-9H,10-13H2,(H,26,30)(H,27,31). The van der Waals surface area contributed by atoms with Crippen LogP contribution >= 0.6 is 11.8 Å². The second-order valence-electron chi connectivity index (χ2n) is 7.18. The molecule has 0 spiro atoms. The number of rotatable bonds is 6. The van der Waals surface area contributed by atoms with Gasteiger partial charge in [0.1, 0.15) is 12.4 Å². The molecule has 0 saturated heterocycles. The second kappa shape index (κ2) is 9.07. The summed E-state index contributed by atoms with van der Waals surface area (Å²) < 4.78 is 41.3. The van der Waals surface area contributed by atoms with E-state index < -0.39 is 23.2 Å². The van der Waals surface area contributed by atoms with E-state index in [9.17, 15) is 22.8 Å². The molecule has 1 aromatic heterocycles. The maximum atomic E-state index is 13.3. The SMILES string of the molecule is O=C(Cn1nc2c(c1NC(=O)c1ccccc1C(F)(F)F)CSC2)NCc1ccccc1. The molecule has 1 aliphatic rings. The van der Waals surface area contributed by atoms with Gasteiger partial charge < -0.3 is 10.6 Å². The minimum atomic E-state index is -4.66. The second-order valence-corrected chi connectivity index (χ2v) is 8.17. The zero-order chi connectivity index (χ0) is 22.7. The Morgan fingerprint density at radius 3 is 2.50 bits per heavy atom. The van der Waals surface area contributed by atoms with Gasteiger partial charge in [0.15, 0.2) is 0 Å². The summed E-state index contributed by atoms with van der Waals surface area (Å²) in [7, 11) is 0. The van der Waals surface area contributed by atoms with Crippen molar-refractivity contribution in [3.05, 3.63) is 82.5 Å². The number of aromatic nitrogens is 2. The fourth-order valence-corrected chi connectivity index (χ4v) is 4.45. The lowest BCUT2D eigenvalue weighted by Gasteiger charge is -2.14. The molecular formula is C22H19F3N4O2S. The van der Waals surface area contributed by atoms with Crippen LogP contribution < -0.4 is 10.6 Å². The normalized spacial score (nSPS) is 13.0. The van der Waals surface area contributed by atoms with Gasteiger partial charge in [-0.15, -0.1) is 0 Å². The Hall–Kier alpha value is -3.27. The van der Waals surface area contributed by atoms with Crippen LogP contribution in [0, 0.1) is 0 Å². The van der Waals surface area contributed by atoms with Crippen molar-refractivity contribution in [2.75, 3.05) is 5.32 Å². The monoisotopic (exact) mass is 460 g/mol. The highest BCUT2D eigenvalue weighted by Gasteiger charge is 2.35. The first-order valence-corrected chi connectivity index (χ1v) is 10.9. The fraction of sp³-hybridized carbons (Fsp3) is 0.227. The lowest BCUT2D eigenvalue weighted by Crippen LogP contribution is -2.29. The number of hydrogen-bond acceptors (Lipinski definition) is 4. The maximum absolute atomic E-state index is 13.3. The lowest BCUT2D eigenvalue weighted by molar-refractivity contribution is -0.137. The van der Waals surface area contributed by atoms with Gasteiger partial charge in [0.25, 0.3) is 5.91 Å². The number of fused-ring (bicyclic) bond motifs is 1. The van der Waals surface area contributed by atoms with Crippen LogP contribution in [0.4, 0.5) is 19.0 Å². The summed E-state index contributed by atoms with van der Waals surface area (Å²) in [5.74, 6) is 0.187. The minimum Gasteiger partial charge on any atom is -0.350 e. The molecule has 0 saturated carbocycles. The molecule has 10 heteroatoms. The van der Waals surface area contributed by atoms with Crippen LogP contribution in [0.2, 0.25) is 0 Å². The average molecular weight is 460 g/mol. The van der Waals surface area contributed by atoms with Crippen molar-refractivity contribution < 1.29 is 22.8 Å². The number of hydrogen-bond donors (Lipinski definition) is 2. The largest absolute Gasteiger partial charge is 0.417 e. The number of halogens is 3. The smallest absolute Gasteiger partial charge is 0.350 e. The Labute approximate surface area is 186 Å². The molecule has 0 unspecified atom stereocenters. The van der Waals surface area contributed by atoms with Gasteiger partial charge in [-0.25, -0.2) is 4.68 Å². The van der Waals surface area contributed by atoms with Crippen LogP contribution in [0.5, 0.6) is 0 Å².